The third-order valence-electron chi connectivity index (χ3n) is 3.95. The number of fused-ring (bicyclic) bond motifs is 3. The van der Waals surface area contributed by atoms with Crippen LogP contribution in [0.15, 0.2) is 29.2 Å². The molecule has 1 aromatic carbocycles. The lowest BCUT2D eigenvalue weighted by Gasteiger charge is -2.45. The molecule has 3 rings (SSSR count). The average molecular weight is 219 g/mol. The monoisotopic (exact) mass is 219 g/mol. The van der Waals surface area contributed by atoms with Gasteiger partial charge in [0, 0.05) is 16.2 Å². The lowest BCUT2D eigenvalue weighted by molar-refractivity contribution is 0.204. The first-order valence-corrected chi connectivity index (χ1v) is 6.80. The first kappa shape index (κ1) is 9.73. The summed E-state index contributed by atoms with van der Waals surface area (Å²) in [6.07, 6.45) is 5.16. The Morgan fingerprint density at radius 1 is 1.27 bits per heavy atom. The van der Waals surface area contributed by atoms with Crippen molar-refractivity contribution in [2.45, 2.75) is 36.1 Å². The summed E-state index contributed by atoms with van der Waals surface area (Å²) in [6, 6.07) is 8.71. The first-order valence-electron chi connectivity index (χ1n) is 5.82. The topological polar surface area (TPSA) is 26.0 Å². The minimum absolute atomic E-state index is 0.0138. The van der Waals surface area contributed by atoms with Gasteiger partial charge in [-0.15, -0.1) is 11.8 Å². The minimum Gasteiger partial charge on any atom is -0.321 e. The molecule has 1 aliphatic heterocycles. The van der Waals surface area contributed by atoms with Gasteiger partial charge in [0.1, 0.15) is 0 Å². The van der Waals surface area contributed by atoms with E-state index in [0.29, 0.717) is 5.92 Å². The molecule has 2 aliphatic rings. The molecule has 1 saturated carbocycles. The zero-order chi connectivity index (χ0) is 10.3. The second-order valence-electron chi connectivity index (χ2n) is 4.79. The molecule has 80 valence electrons. The van der Waals surface area contributed by atoms with Gasteiger partial charge in [-0.3, -0.25) is 0 Å². The number of thioether (sulfide) groups is 1. The molecule has 2 heteroatoms. The van der Waals surface area contributed by atoms with Gasteiger partial charge in [0.2, 0.25) is 0 Å². The van der Waals surface area contributed by atoms with Crippen LogP contribution in [0.5, 0.6) is 0 Å². The molecule has 0 spiro atoms. The summed E-state index contributed by atoms with van der Waals surface area (Å²) in [5, 5.41) is 0. The third kappa shape index (κ3) is 1.42. The van der Waals surface area contributed by atoms with E-state index in [1.54, 1.807) is 0 Å². The number of hydrogen-bond acceptors (Lipinski definition) is 2. The fourth-order valence-electron chi connectivity index (χ4n) is 3.02. The van der Waals surface area contributed by atoms with E-state index in [1.165, 1.54) is 41.9 Å². The second-order valence-corrected chi connectivity index (χ2v) is 5.85. The van der Waals surface area contributed by atoms with E-state index in [0.717, 1.165) is 0 Å². The van der Waals surface area contributed by atoms with E-state index in [-0.39, 0.29) is 5.54 Å². The maximum Gasteiger partial charge on any atom is 0.0457 e. The van der Waals surface area contributed by atoms with Crippen LogP contribution in [0.2, 0.25) is 0 Å². The second kappa shape index (κ2) is 3.53. The Morgan fingerprint density at radius 2 is 2.13 bits per heavy atom. The van der Waals surface area contributed by atoms with Crippen molar-refractivity contribution in [3.05, 3.63) is 29.8 Å². The van der Waals surface area contributed by atoms with Crippen molar-refractivity contribution in [3.8, 4) is 0 Å². The van der Waals surface area contributed by atoms with Crippen molar-refractivity contribution < 1.29 is 0 Å². The normalized spacial score (nSPS) is 34.3. The molecule has 0 bridgehead atoms. The largest absolute Gasteiger partial charge is 0.321 e. The Kier molecular flexibility index (Phi) is 2.29. The Hall–Kier alpha value is -0.470. The van der Waals surface area contributed by atoms with Gasteiger partial charge in [-0.05, 0) is 30.4 Å². The Labute approximate surface area is 95.4 Å². The van der Waals surface area contributed by atoms with Crippen LogP contribution in [-0.4, -0.2) is 5.75 Å². The molecule has 0 saturated heterocycles. The van der Waals surface area contributed by atoms with Gasteiger partial charge in [0.25, 0.3) is 0 Å². The van der Waals surface area contributed by atoms with Crippen LogP contribution in [0.1, 0.15) is 31.2 Å². The molecule has 0 aromatic heterocycles. The van der Waals surface area contributed by atoms with Crippen molar-refractivity contribution >= 4 is 11.8 Å². The number of rotatable bonds is 0. The predicted molar refractivity (Wildman–Crippen MR) is 65.0 cm³/mol. The van der Waals surface area contributed by atoms with E-state index >= 15 is 0 Å². The number of benzene rings is 1. The van der Waals surface area contributed by atoms with Gasteiger partial charge in [-0.1, -0.05) is 31.0 Å². The highest BCUT2D eigenvalue weighted by Crippen LogP contribution is 2.48. The van der Waals surface area contributed by atoms with Crippen LogP contribution in [0.25, 0.3) is 0 Å². The van der Waals surface area contributed by atoms with Crippen LogP contribution in [0.4, 0.5) is 0 Å². The van der Waals surface area contributed by atoms with Crippen LogP contribution < -0.4 is 5.73 Å². The molecular formula is C13H17NS. The zero-order valence-corrected chi connectivity index (χ0v) is 9.72. The smallest absolute Gasteiger partial charge is 0.0457 e. The highest BCUT2D eigenvalue weighted by atomic mass is 32.2. The van der Waals surface area contributed by atoms with Crippen molar-refractivity contribution in [2.24, 2.45) is 11.7 Å². The van der Waals surface area contributed by atoms with Gasteiger partial charge in [-0.25, -0.2) is 0 Å². The maximum atomic E-state index is 6.66. The summed E-state index contributed by atoms with van der Waals surface area (Å²) in [5.41, 5.74) is 8.06. The molecular weight excluding hydrogens is 202 g/mol. The van der Waals surface area contributed by atoms with E-state index < -0.39 is 0 Å². The van der Waals surface area contributed by atoms with E-state index in [4.69, 9.17) is 5.73 Å². The lowest BCUT2D eigenvalue weighted by atomic mass is 9.70. The quantitative estimate of drug-likeness (QED) is 0.725. The molecule has 2 atom stereocenters. The van der Waals surface area contributed by atoms with Crippen LogP contribution in [0.3, 0.4) is 0 Å². The van der Waals surface area contributed by atoms with Crippen molar-refractivity contribution in [2.75, 3.05) is 5.75 Å². The standard InChI is InChI=1S/C13H17NS/c14-13-8-4-3-5-10(13)9-15-12-7-2-1-6-11(12)13/h1-2,6-7,10H,3-5,8-9,14H2. The number of nitrogens with two attached hydrogens (primary N) is 1. The zero-order valence-electron chi connectivity index (χ0n) is 8.91. The summed E-state index contributed by atoms with van der Waals surface area (Å²) >= 11 is 1.99. The molecule has 1 fully saturated rings. The summed E-state index contributed by atoms with van der Waals surface area (Å²) < 4.78 is 0. The fourth-order valence-corrected chi connectivity index (χ4v) is 4.46. The van der Waals surface area contributed by atoms with Gasteiger partial charge < -0.3 is 5.73 Å². The molecule has 15 heavy (non-hydrogen) atoms. The number of hydrogen-bond donors (Lipinski definition) is 1. The van der Waals surface area contributed by atoms with Crippen LogP contribution >= 0.6 is 11.8 Å². The van der Waals surface area contributed by atoms with Crippen LogP contribution in [0, 0.1) is 5.92 Å². The molecule has 2 unspecified atom stereocenters. The van der Waals surface area contributed by atoms with Gasteiger partial charge in [0.15, 0.2) is 0 Å². The Bertz CT molecular complexity index is 377. The molecule has 0 radical (unpaired) electrons. The molecule has 1 aliphatic carbocycles. The summed E-state index contributed by atoms with van der Waals surface area (Å²) in [7, 11) is 0. The third-order valence-corrected chi connectivity index (χ3v) is 5.19. The molecule has 1 aromatic rings. The van der Waals surface area contributed by atoms with E-state index in [2.05, 4.69) is 24.3 Å². The predicted octanol–water partition coefficient (Wildman–Crippen LogP) is 3.14. The van der Waals surface area contributed by atoms with Crippen molar-refractivity contribution in [1.82, 2.24) is 0 Å². The first-order chi connectivity index (χ1) is 7.31. The van der Waals surface area contributed by atoms with Crippen molar-refractivity contribution in [3.63, 3.8) is 0 Å². The summed E-state index contributed by atoms with van der Waals surface area (Å²) in [5.74, 6) is 1.92. The minimum atomic E-state index is -0.0138. The average Bonchev–Trinajstić information content (AvgIpc) is 2.29. The Morgan fingerprint density at radius 3 is 3.07 bits per heavy atom. The lowest BCUT2D eigenvalue weighted by Crippen LogP contribution is -2.49. The maximum absolute atomic E-state index is 6.66. The molecule has 1 heterocycles. The SMILES string of the molecule is NC12CCCCC1CSc1ccccc12. The Balaban J connectivity index is 2.09. The van der Waals surface area contributed by atoms with Gasteiger partial charge >= 0.3 is 0 Å². The van der Waals surface area contributed by atoms with Crippen molar-refractivity contribution in [1.29, 1.82) is 0 Å². The summed E-state index contributed by atoms with van der Waals surface area (Å²) in [4.78, 5) is 1.41. The highest BCUT2D eigenvalue weighted by molar-refractivity contribution is 7.99. The van der Waals surface area contributed by atoms with Gasteiger partial charge in [-0.2, -0.15) is 0 Å². The molecule has 1 nitrogen and oxygen atoms in total. The highest BCUT2D eigenvalue weighted by Gasteiger charge is 2.42. The fraction of sp³-hybridized carbons (Fsp3) is 0.538. The molecule has 2 N–H and O–H groups in total. The van der Waals surface area contributed by atoms with E-state index in [1.807, 2.05) is 11.8 Å². The molecule has 0 amide bonds. The van der Waals surface area contributed by atoms with Gasteiger partial charge in [0.05, 0.1) is 0 Å². The van der Waals surface area contributed by atoms with E-state index in [9.17, 15) is 0 Å². The summed E-state index contributed by atoms with van der Waals surface area (Å²) in [6.45, 7) is 0. The van der Waals surface area contributed by atoms with Crippen LogP contribution in [-0.2, 0) is 5.54 Å².